The number of rotatable bonds is 5. The maximum absolute atomic E-state index is 5.42. The van der Waals surface area contributed by atoms with Crippen molar-refractivity contribution in [1.29, 1.82) is 0 Å². The molecule has 12 aromatic rings. The van der Waals surface area contributed by atoms with E-state index in [0.717, 1.165) is 44.9 Å². The molecular formula is C52H32N4S. The Hall–Kier alpha value is -7.34. The molecule has 0 radical (unpaired) electrons. The van der Waals surface area contributed by atoms with Crippen LogP contribution in [0.3, 0.4) is 0 Å². The molecule has 57 heavy (non-hydrogen) atoms. The molecule has 5 heteroatoms. The van der Waals surface area contributed by atoms with Gasteiger partial charge >= 0.3 is 0 Å². The summed E-state index contributed by atoms with van der Waals surface area (Å²) < 4.78 is 7.26. The Morgan fingerprint density at radius 1 is 0.333 bits per heavy atom. The Balaban J connectivity index is 1.12. The third-order valence-electron chi connectivity index (χ3n) is 11.3. The van der Waals surface area contributed by atoms with Crippen molar-refractivity contribution >= 4 is 75.1 Å². The zero-order valence-electron chi connectivity index (χ0n) is 30.7. The highest BCUT2D eigenvalue weighted by Crippen LogP contribution is 2.41. The minimum absolute atomic E-state index is 0.686. The number of thiophene rings is 1. The van der Waals surface area contributed by atoms with E-state index in [1.807, 2.05) is 11.3 Å². The second-order valence-corrected chi connectivity index (χ2v) is 15.7. The fraction of sp³-hybridized carbons (Fsp3) is 0. The van der Waals surface area contributed by atoms with E-state index < -0.39 is 0 Å². The SMILES string of the molecule is c1ccc(-c2ccc(-c3nc(-c4ccc5c(c4)sc4ccccc45)cc(-n4c5ccccc5c5cc6c(cc54)c4ccccc4n6-c4ccccc4)n3)cc2)cc1. The smallest absolute Gasteiger partial charge is 0.162 e. The van der Waals surface area contributed by atoms with Gasteiger partial charge < -0.3 is 4.57 Å². The van der Waals surface area contributed by atoms with E-state index in [2.05, 4.69) is 203 Å². The number of hydrogen-bond acceptors (Lipinski definition) is 3. The molecule has 0 saturated heterocycles. The number of aromatic nitrogens is 4. The van der Waals surface area contributed by atoms with Crippen molar-refractivity contribution in [2.24, 2.45) is 0 Å². The minimum atomic E-state index is 0.686. The first kappa shape index (κ1) is 32.0. The lowest BCUT2D eigenvalue weighted by molar-refractivity contribution is 1.05. The Bertz CT molecular complexity index is 3500. The predicted octanol–water partition coefficient (Wildman–Crippen LogP) is 14.0. The summed E-state index contributed by atoms with van der Waals surface area (Å²) in [6.07, 6.45) is 0. The van der Waals surface area contributed by atoms with Gasteiger partial charge in [-0.05, 0) is 59.7 Å². The van der Waals surface area contributed by atoms with E-state index in [1.165, 1.54) is 58.3 Å². The van der Waals surface area contributed by atoms with Gasteiger partial charge in [-0.2, -0.15) is 0 Å². The zero-order chi connectivity index (χ0) is 37.5. The maximum Gasteiger partial charge on any atom is 0.162 e. The van der Waals surface area contributed by atoms with Gasteiger partial charge in [0.25, 0.3) is 0 Å². The molecule has 0 aliphatic rings. The second-order valence-electron chi connectivity index (χ2n) is 14.6. The molecule has 4 nitrogen and oxygen atoms in total. The fourth-order valence-electron chi connectivity index (χ4n) is 8.69. The first-order chi connectivity index (χ1) is 28.2. The highest BCUT2D eigenvalue weighted by molar-refractivity contribution is 7.25. The van der Waals surface area contributed by atoms with E-state index in [0.29, 0.717) is 5.82 Å². The number of hydrogen-bond donors (Lipinski definition) is 0. The molecule has 0 spiro atoms. The van der Waals surface area contributed by atoms with Crippen molar-refractivity contribution in [3.8, 4) is 45.3 Å². The Kier molecular flexibility index (Phi) is 7.06. The summed E-state index contributed by atoms with van der Waals surface area (Å²) in [5.74, 6) is 1.52. The van der Waals surface area contributed by atoms with Crippen LogP contribution in [0, 0.1) is 0 Å². The van der Waals surface area contributed by atoms with E-state index in [-0.39, 0.29) is 0 Å². The Morgan fingerprint density at radius 2 is 0.877 bits per heavy atom. The highest BCUT2D eigenvalue weighted by atomic mass is 32.1. The van der Waals surface area contributed by atoms with Gasteiger partial charge in [-0.15, -0.1) is 11.3 Å². The summed E-state index contributed by atoms with van der Waals surface area (Å²) in [7, 11) is 0. The maximum atomic E-state index is 5.42. The number of benzene rings is 8. The molecule has 0 saturated carbocycles. The van der Waals surface area contributed by atoms with Crippen molar-refractivity contribution in [3.05, 3.63) is 194 Å². The lowest BCUT2D eigenvalue weighted by atomic mass is 10.0. The Labute approximate surface area is 332 Å². The molecule has 4 heterocycles. The molecule has 0 fully saturated rings. The Morgan fingerprint density at radius 3 is 1.61 bits per heavy atom. The molecule has 0 aliphatic heterocycles. The lowest BCUT2D eigenvalue weighted by Gasteiger charge is -2.13. The molecule has 0 aliphatic carbocycles. The molecule has 4 aromatic heterocycles. The fourth-order valence-corrected chi connectivity index (χ4v) is 9.83. The van der Waals surface area contributed by atoms with Crippen LogP contribution in [0.4, 0.5) is 0 Å². The lowest BCUT2D eigenvalue weighted by Crippen LogP contribution is -2.02. The predicted molar refractivity (Wildman–Crippen MR) is 240 cm³/mol. The third kappa shape index (κ3) is 5.06. The average Bonchev–Trinajstić information content (AvgIpc) is 3.93. The number of nitrogens with zero attached hydrogens (tertiary/aromatic N) is 4. The molecule has 0 N–H and O–H groups in total. The first-order valence-corrected chi connectivity index (χ1v) is 20.1. The summed E-state index contributed by atoms with van der Waals surface area (Å²) in [6, 6.07) is 69.5. The van der Waals surface area contributed by atoms with Gasteiger partial charge in [0.1, 0.15) is 5.82 Å². The van der Waals surface area contributed by atoms with Crippen LogP contribution in [0.5, 0.6) is 0 Å². The van der Waals surface area contributed by atoms with Crippen LogP contribution in [0.2, 0.25) is 0 Å². The van der Waals surface area contributed by atoms with Gasteiger partial charge in [-0.3, -0.25) is 4.57 Å². The van der Waals surface area contributed by atoms with Crippen LogP contribution in [0.25, 0.3) is 109 Å². The van der Waals surface area contributed by atoms with Crippen molar-refractivity contribution in [3.63, 3.8) is 0 Å². The second kappa shape index (κ2) is 12.6. The van der Waals surface area contributed by atoms with E-state index in [1.54, 1.807) is 0 Å². The summed E-state index contributed by atoms with van der Waals surface area (Å²) in [6.45, 7) is 0. The summed E-state index contributed by atoms with van der Waals surface area (Å²) in [4.78, 5) is 10.7. The molecule has 8 aromatic carbocycles. The van der Waals surface area contributed by atoms with Gasteiger partial charge in [-0.25, -0.2) is 9.97 Å². The van der Waals surface area contributed by atoms with Gasteiger partial charge in [0.2, 0.25) is 0 Å². The van der Waals surface area contributed by atoms with Gasteiger partial charge in [0.15, 0.2) is 5.82 Å². The zero-order valence-corrected chi connectivity index (χ0v) is 31.5. The molecule has 0 amide bonds. The van der Waals surface area contributed by atoms with Gasteiger partial charge in [0, 0.05) is 64.6 Å². The summed E-state index contributed by atoms with van der Waals surface area (Å²) in [5, 5.41) is 7.34. The third-order valence-corrected chi connectivity index (χ3v) is 12.5. The first-order valence-electron chi connectivity index (χ1n) is 19.2. The summed E-state index contributed by atoms with van der Waals surface area (Å²) in [5.41, 5.74) is 11.0. The van der Waals surface area contributed by atoms with Crippen LogP contribution in [-0.2, 0) is 0 Å². The van der Waals surface area contributed by atoms with E-state index in [9.17, 15) is 0 Å². The largest absolute Gasteiger partial charge is 0.309 e. The van der Waals surface area contributed by atoms with E-state index >= 15 is 0 Å². The molecule has 0 atom stereocenters. The highest BCUT2D eigenvalue weighted by Gasteiger charge is 2.20. The molecule has 266 valence electrons. The molecule has 12 rings (SSSR count). The molecule has 0 unspecified atom stereocenters. The number of fused-ring (bicyclic) bond motifs is 9. The summed E-state index contributed by atoms with van der Waals surface area (Å²) >= 11 is 1.83. The van der Waals surface area contributed by atoms with Gasteiger partial charge in [-0.1, -0.05) is 140 Å². The van der Waals surface area contributed by atoms with Gasteiger partial charge in [0.05, 0.1) is 27.8 Å². The monoisotopic (exact) mass is 744 g/mol. The van der Waals surface area contributed by atoms with E-state index in [4.69, 9.17) is 9.97 Å². The normalized spacial score (nSPS) is 11.9. The topological polar surface area (TPSA) is 35.6 Å². The van der Waals surface area contributed by atoms with Crippen LogP contribution in [-0.4, -0.2) is 19.1 Å². The van der Waals surface area contributed by atoms with Crippen molar-refractivity contribution in [2.75, 3.05) is 0 Å². The molecular weight excluding hydrogens is 713 g/mol. The average molecular weight is 745 g/mol. The number of para-hydroxylation sites is 3. The van der Waals surface area contributed by atoms with Crippen molar-refractivity contribution in [2.45, 2.75) is 0 Å². The quantitative estimate of drug-likeness (QED) is 0.176. The minimum Gasteiger partial charge on any atom is -0.309 e. The van der Waals surface area contributed by atoms with Crippen molar-refractivity contribution < 1.29 is 0 Å². The van der Waals surface area contributed by atoms with Crippen LogP contribution >= 0.6 is 11.3 Å². The van der Waals surface area contributed by atoms with Crippen LogP contribution < -0.4 is 0 Å². The van der Waals surface area contributed by atoms with Crippen LogP contribution in [0.1, 0.15) is 0 Å². The van der Waals surface area contributed by atoms with Crippen LogP contribution in [0.15, 0.2) is 194 Å². The van der Waals surface area contributed by atoms with Crippen molar-refractivity contribution in [1.82, 2.24) is 19.1 Å². The standard InChI is InChI=1S/C52H32N4S/c1-3-13-33(14-4-1)34-23-25-35(26-24-34)52-53-44(36-27-28-41-40-19-9-12-22-49(40)57-50(41)29-36)32-51(54-52)56-46-21-11-8-18-39(46)43-30-47-42(31-48(43)56)38-17-7-10-20-45(38)55(47)37-15-5-2-6-16-37/h1-32H. The molecule has 0 bridgehead atoms.